The largest absolute Gasteiger partial charge is 0.493 e. The van der Waals surface area contributed by atoms with E-state index in [0.717, 1.165) is 42.5 Å². The molecule has 3 rings (SSSR count). The SMILES string of the molecule is C=CC(C)(CCC)CCCC1(CN=C)CC(Cc2ccc(-c3ccc(C)cc3OCCC(F)(F)F)c(CCC)c2)C1.CC.CC. The summed E-state index contributed by atoms with van der Waals surface area (Å²) in [5.41, 5.74) is 5.93. The van der Waals surface area contributed by atoms with Gasteiger partial charge in [-0.25, -0.2) is 0 Å². The molecule has 1 atom stereocenters. The van der Waals surface area contributed by atoms with Crippen LogP contribution in [0.4, 0.5) is 13.2 Å². The van der Waals surface area contributed by atoms with Crippen molar-refractivity contribution in [2.75, 3.05) is 13.2 Å². The Hall–Kier alpha value is -2.56. The maximum absolute atomic E-state index is 12.8. The molecule has 0 bridgehead atoms. The Morgan fingerprint density at radius 1 is 0.956 bits per heavy atom. The molecule has 5 heteroatoms. The first-order valence-electron chi connectivity index (χ1n) is 17.4. The number of alkyl halides is 3. The second kappa shape index (κ2) is 19.8. The highest BCUT2D eigenvalue weighted by Gasteiger charge is 2.43. The number of hydrogen-bond donors (Lipinski definition) is 0. The number of rotatable bonds is 17. The monoisotopic (exact) mass is 629 g/mol. The smallest absolute Gasteiger partial charge is 0.392 e. The molecular formula is C40H62F3NO. The van der Waals surface area contributed by atoms with Gasteiger partial charge >= 0.3 is 6.18 Å². The average Bonchev–Trinajstić information content (AvgIpc) is 2.99. The van der Waals surface area contributed by atoms with E-state index in [-0.39, 0.29) is 17.4 Å². The molecule has 1 aliphatic carbocycles. The molecule has 2 aromatic rings. The van der Waals surface area contributed by atoms with E-state index in [1.54, 1.807) is 0 Å². The molecule has 254 valence electrons. The zero-order chi connectivity index (χ0) is 34.1. The summed E-state index contributed by atoms with van der Waals surface area (Å²) >= 11 is 0. The van der Waals surface area contributed by atoms with Crippen LogP contribution >= 0.6 is 0 Å². The summed E-state index contributed by atoms with van der Waals surface area (Å²) in [6.07, 6.45) is 8.20. The standard InChI is InChI=1S/C36H50F3NO.2C2H6/c1-7-11-30-23-28(13-15-31(30)32-14-12-27(4)21-33(32)41-20-19-36(37,38)39)22-29-24-35(25-29,26-40-6)18-10-17-34(5,9-3)16-8-2;2*1-2/h9,12-15,21,23,29H,3,6-8,10-11,16-20,22,24-26H2,1-2,4-5H3;2*1-2H3. The van der Waals surface area contributed by atoms with Crippen molar-refractivity contribution in [3.63, 3.8) is 0 Å². The third-order valence-electron chi connectivity index (χ3n) is 8.94. The summed E-state index contributed by atoms with van der Waals surface area (Å²) in [5, 5.41) is 0. The van der Waals surface area contributed by atoms with Crippen LogP contribution in [-0.4, -0.2) is 26.0 Å². The minimum absolute atomic E-state index is 0.221. The Balaban J connectivity index is 0.00000243. The zero-order valence-electron chi connectivity index (χ0n) is 29.7. The number of nitrogens with zero attached hydrogens (tertiary/aromatic N) is 1. The van der Waals surface area contributed by atoms with Crippen LogP contribution in [0.3, 0.4) is 0 Å². The van der Waals surface area contributed by atoms with Crippen LogP contribution in [0.5, 0.6) is 5.75 Å². The molecule has 0 amide bonds. The summed E-state index contributed by atoms with van der Waals surface area (Å²) in [4.78, 5) is 4.33. The molecule has 0 heterocycles. The van der Waals surface area contributed by atoms with E-state index < -0.39 is 12.6 Å². The van der Waals surface area contributed by atoms with Gasteiger partial charge in [0.15, 0.2) is 0 Å². The van der Waals surface area contributed by atoms with E-state index in [2.05, 4.69) is 63.3 Å². The van der Waals surface area contributed by atoms with Crippen molar-refractivity contribution in [2.24, 2.45) is 21.7 Å². The summed E-state index contributed by atoms with van der Waals surface area (Å²) < 4.78 is 44.0. The van der Waals surface area contributed by atoms with Crippen molar-refractivity contribution in [1.82, 2.24) is 0 Å². The number of aryl methyl sites for hydroxylation is 2. The summed E-state index contributed by atoms with van der Waals surface area (Å²) in [5.74, 6) is 1.16. The lowest BCUT2D eigenvalue weighted by Gasteiger charge is -2.48. The van der Waals surface area contributed by atoms with Gasteiger partial charge in [0, 0.05) is 12.1 Å². The number of allylic oxidation sites excluding steroid dienone is 1. The van der Waals surface area contributed by atoms with Crippen LogP contribution in [-0.2, 0) is 12.8 Å². The van der Waals surface area contributed by atoms with Gasteiger partial charge in [0.05, 0.1) is 13.0 Å². The summed E-state index contributed by atoms with van der Waals surface area (Å²) in [7, 11) is 0. The highest BCUT2D eigenvalue weighted by atomic mass is 19.4. The van der Waals surface area contributed by atoms with Crippen LogP contribution in [0.25, 0.3) is 11.1 Å². The number of benzene rings is 2. The fourth-order valence-corrected chi connectivity index (χ4v) is 6.82. The molecule has 1 aliphatic rings. The van der Waals surface area contributed by atoms with E-state index in [9.17, 15) is 13.2 Å². The van der Waals surface area contributed by atoms with Crippen LogP contribution in [0.2, 0.25) is 0 Å². The number of aliphatic imine (C=N–C) groups is 1. The molecule has 0 aliphatic heterocycles. The van der Waals surface area contributed by atoms with Crippen molar-refractivity contribution >= 4 is 6.72 Å². The first-order valence-corrected chi connectivity index (χ1v) is 17.4. The average molecular weight is 630 g/mol. The first-order chi connectivity index (χ1) is 21.4. The fourth-order valence-electron chi connectivity index (χ4n) is 6.82. The lowest BCUT2D eigenvalue weighted by molar-refractivity contribution is -0.139. The Morgan fingerprint density at radius 3 is 2.20 bits per heavy atom. The number of hydrogen-bond acceptors (Lipinski definition) is 2. The molecule has 2 aromatic carbocycles. The molecule has 1 saturated carbocycles. The van der Waals surface area contributed by atoms with Crippen molar-refractivity contribution in [2.45, 2.75) is 132 Å². The molecule has 2 nitrogen and oxygen atoms in total. The Labute approximate surface area is 274 Å². The van der Waals surface area contributed by atoms with E-state index in [1.807, 2.05) is 52.8 Å². The fraction of sp³-hybridized carbons (Fsp3) is 0.625. The molecule has 45 heavy (non-hydrogen) atoms. The highest BCUT2D eigenvalue weighted by Crippen LogP contribution is 2.51. The minimum Gasteiger partial charge on any atom is -0.493 e. The third-order valence-corrected chi connectivity index (χ3v) is 8.94. The molecule has 0 N–H and O–H groups in total. The third kappa shape index (κ3) is 13.0. The topological polar surface area (TPSA) is 21.6 Å². The number of ether oxygens (including phenoxy) is 1. The normalized spacial score (nSPS) is 18.7. The van der Waals surface area contributed by atoms with E-state index in [1.165, 1.54) is 56.1 Å². The maximum Gasteiger partial charge on any atom is 0.392 e. The first kappa shape index (κ1) is 40.5. The van der Waals surface area contributed by atoms with Crippen molar-refractivity contribution < 1.29 is 17.9 Å². The predicted molar refractivity (Wildman–Crippen MR) is 190 cm³/mol. The van der Waals surface area contributed by atoms with Gasteiger partial charge in [-0.15, -0.1) is 6.58 Å². The van der Waals surface area contributed by atoms with Crippen molar-refractivity contribution in [3.8, 4) is 16.9 Å². The van der Waals surface area contributed by atoms with E-state index >= 15 is 0 Å². The van der Waals surface area contributed by atoms with Gasteiger partial charge in [0.2, 0.25) is 0 Å². The van der Waals surface area contributed by atoms with Gasteiger partial charge in [-0.2, -0.15) is 13.2 Å². The Kier molecular flexibility index (Phi) is 17.8. The molecule has 0 spiro atoms. The Bertz CT molecular complexity index is 1150. The van der Waals surface area contributed by atoms with Gasteiger partial charge in [-0.3, -0.25) is 0 Å². The van der Waals surface area contributed by atoms with Crippen LogP contribution in [0, 0.1) is 23.7 Å². The van der Waals surface area contributed by atoms with Crippen LogP contribution in [0.15, 0.2) is 54.0 Å². The van der Waals surface area contributed by atoms with E-state index in [4.69, 9.17) is 4.74 Å². The second-order valence-electron chi connectivity index (χ2n) is 12.8. The summed E-state index contributed by atoms with van der Waals surface area (Å²) in [6, 6.07) is 12.5. The lowest BCUT2D eigenvalue weighted by Crippen LogP contribution is -2.41. The molecule has 1 unspecified atom stereocenters. The minimum atomic E-state index is -4.24. The van der Waals surface area contributed by atoms with Gasteiger partial charge in [0.1, 0.15) is 5.75 Å². The highest BCUT2D eigenvalue weighted by molar-refractivity contribution is 5.74. The zero-order valence-corrected chi connectivity index (χ0v) is 29.7. The van der Waals surface area contributed by atoms with Gasteiger partial charge in [0.25, 0.3) is 0 Å². The quantitative estimate of drug-likeness (QED) is 0.126. The molecular weight excluding hydrogens is 567 g/mol. The maximum atomic E-state index is 12.8. The van der Waals surface area contributed by atoms with Gasteiger partial charge in [-0.05, 0) is 104 Å². The molecule has 0 saturated heterocycles. The molecule has 1 fully saturated rings. The van der Waals surface area contributed by atoms with Crippen LogP contribution in [0.1, 0.15) is 123 Å². The van der Waals surface area contributed by atoms with Gasteiger partial charge in [-0.1, -0.05) is 104 Å². The van der Waals surface area contributed by atoms with E-state index in [0.29, 0.717) is 11.7 Å². The Morgan fingerprint density at radius 2 is 1.62 bits per heavy atom. The van der Waals surface area contributed by atoms with Gasteiger partial charge < -0.3 is 9.73 Å². The van der Waals surface area contributed by atoms with Crippen molar-refractivity contribution in [1.29, 1.82) is 0 Å². The predicted octanol–water partition coefficient (Wildman–Crippen LogP) is 12.8. The summed E-state index contributed by atoms with van der Waals surface area (Å²) in [6.45, 7) is 25.0. The second-order valence-corrected chi connectivity index (χ2v) is 12.8. The molecule has 0 radical (unpaired) electrons. The van der Waals surface area contributed by atoms with Crippen molar-refractivity contribution in [3.05, 3.63) is 65.7 Å². The number of halogens is 3. The lowest BCUT2D eigenvalue weighted by atomic mass is 9.58. The van der Waals surface area contributed by atoms with Crippen LogP contribution < -0.4 is 4.74 Å². The molecule has 0 aromatic heterocycles.